The zero-order chi connectivity index (χ0) is 12.8. The number of rotatable bonds is 0. The molecular formula is C15H22N2. The highest BCUT2D eigenvalue weighted by atomic mass is 15.2. The Kier molecular flexibility index (Phi) is 2.57. The Morgan fingerprint density at radius 2 is 1.65 bits per heavy atom. The van der Waals surface area contributed by atoms with Crippen molar-refractivity contribution in [1.82, 2.24) is 9.61 Å². The average Bonchev–Trinajstić information content (AvgIpc) is 2.59. The first kappa shape index (κ1) is 12.2. The standard InChI is InChI=1S/C15H22N2/c1-14(2,3)11-9-12(15(4,5)6)13-7-8-16-17(13)10-11/h7-10H,1-6H3. The molecule has 0 bridgehead atoms. The first-order chi connectivity index (χ1) is 7.69. The molecule has 0 unspecified atom stereocenters. The lowest BCUT2D eigenvalue weighted by Gasteiger charge is -2.25. The molecule has 0 aromatic carbocycles. The van der Waals surface area contributed by atoms with Crippen LogP contribution in [0.4, 0.5) is 0 Å². The second-order valence-electron chi connectivity index (χ2n) is 6.80. The van der Waals surface area contributed by atoms with Gasteiger partial charge in [0.1, 0.15) is 0 Å². The van der Waals surface area contributed by atoms with Crippen LogP contribution in [-0.2, 0) is 10.8 Å². The molecule has 0 radical (unpaired) electrons. The molecule has 2 aromatic heterocycles. The Balaban J connectivity index is 2.76. The monoisotopic (exact) mass is 230 g/mol. The summed E-state index contributed by atoms with van der Waals surface area (Å²) >= 11 is 0. The van der Waals surface area contributed by atoms with Gasteiger partial charge in [0, 0.05) is 12.4 Å². The molecular weight excluding hydrogens is 208 g/mol. The van der Waals surface area contributed by atoms with Crippen LogP contribution >= 0.6 is 0 Å². The molecule has 0 saturated heterocycles. The van der Waals surface area contributed by atoms with Gasteiger partial charge in [-0.25, -0.2) is 4.52 Å². The third-order valence-corrected chi connectivity index (χ3v) is 3.18. The summed E-state index contributed by atoms with van der Waals surface area (Å²) < 4.78 is 2.00. The lowest BCUT2D eigenvalue weighted by Crippen LogP contribution is -2.18. The molecule has 0 amide bonds. The minimum absolute atomic E-state index is 0.141. The van der Waals surface area contributed by atoms with Crippen molar-refractivity contribution >= 4 is 5.52 Å². The molecule has 0 fully saturated rings. The zero-order valence-electron chi connectivity index (χ0n) is 11.7. The minimum Gasteiger partial charge on any atom is -0.240 e. The van der Waals surface area contributed by atoms with Gasteiger partial charge in [0.25, 0.3) is 0 Å². The Morgan fingerprint density at radius 3 is 2.18 bits per heavy atom. The number of hydrogen-bond donors (Lipinski definition) is 0. The van der Waals surface area contributed by atoms with Crippen molar-refractivity contribution in [3.05, 3.63) is 35.7 Å². The molecule has 2 aromatic rings. The molecule has 0 spiro atoms. The van der Waals surface area contributed by atoms with Gasteiger partial charge < -0.3 is 0 Å². The summed E-state index contributed by atoms with van der Waals surface area (Å²) in [6, 6.07) is 4.42. The fourth-order valence-corrected chi connectivity index (χ4v) is 2.04. The fraction of sp³-hybridized carbons (Fsp3) is 0.533. The van der Waals surface area contributed by atoms with E-state index in [9.17, 15) is 0 Å². The van der Waals surface area contributed by atoms with E-state index in [0.29, 0.717) is 0 Å². The maximum atomic E-state index is 4.38. The van der Waals surface area contributed by atoms with Gasteiger partial charge in [0.15, 0.2) is 0 Å². The van der Waals surface area contributed by atoms with Gasteiger partial charge in [-0.1, -0.05) is 47.6 Å². The topological polar surface area (TPSA) is 17.3 Å². The van der Waals surface area contributed by atoms with Crippen molar-refractivity contribution in [3.63, 3.8) is 0 Å². The van der Waals surface area contributed by atoms with Crippen LogP contribution in [0, 0.1) is 0 Å². The van der Waals surface area contributed by atoms with E-state index in [4.69, 9.17) is 0 Å². The molecule has 0 saturated carbocycles. The van der Waals surface area contributed by atoms with Crippen LogP contribution in [-0.4, -0.2) is 9.61 Å². The summed E-state index contributed by atoms with van der Waals surface area (Å²) in [4.78, 5) is 0. The van der Waals surface area contributed by atoms with Crippen LogP contribution in [0.3, 0.4) is 0 Å². The summed E-state index contributed by atoms with van der Waals surface area (Å²) in [5.74, 6) is 0. The van der Waals surface area contributed by atoms with E-state index >= 15 is 0 Å². The third kappa shape index (κ3) is 2.21. The molecule has 2 heterocycles. The second-order valence-corrected chi connectivity index (χ2v) is 6.80. The fourth-order valence-electron chi connectivity index (χ4n) is 2.04. The first-order valence-electron chi connectivity index (χ1n) is 6.18. The SMILES string of the molecule is CC(C)(C)c1cc(C(C)(C)C)c2ccnn2c1. The third-order valence-electron chi connectivity index (χ3n) is 3.18. The van der Waals surface area contributed by atoms with E-state index in [1.165, 1.54) is 16.6 Å². The number of fused-ring (bicyclic) bond motifs is 1. The number of hydrogen-bond acceptors (Lipinski definition) is 1. The maximum Gasteiger partial charge on any atom is 0.0699 e. The number of pyridine rings is 1. The highest BCUT2D eigenvalue weighted by Crippen LogP contribution is 2.31. The Labute approximate surface area is 104 Å². The first-order valence-corrected chi connectivity index (χ1v) is 6.18. The normalized spacial score (nSPS) is 13.3. The summed E-state index contributed by atoms with van der Waals surface area (Å²) in [5.41, 5.74) is 4.20. The van der Waals surface area contributed by atoms with Gasteiger partial charge in [-0.05, 0) is 28.0 Å². The summed E-state index contributed by atoms with van der Waals surface area (Å²) in [6.07, 6.45) is 4.02. The molecule has 2 rings (SSSR count). The molecule has 2 heteroatoms. The van der Waals surface area contributed by atoms with Gasteiger partial charge in [0.05, 0.1) is 5.52 Å². The predicted octanol–water partition coefficient (Wildman–Crippen LogP) is 3.93. The Morgan fingerprint density at radius 1 is 1.00 bits per heavy atom. The van der Waals surface area contributed by atoms with E-state index in [0.717, 1.165) is 0 Å². The summed E-state index contributed by atoms with van der Waals surface area (Å²) in [6.45, 7) is 13.5. The van der Waals surface area contributed by atoms with Gasteiger partial charge in [-0.3, -0.25) is 0 Å². The highest BCUT2D eigenvalue weighted by molar-refractivity contribution is 5.58. The molecule has 17 heavy (non-hydrogen) atoms. The predicted molar refractivity (Wildman–Crippen MR) is 72.6 cm³/mol. The van der Waals surface area contributed by atoms with E-state index in [-0.39, 0.29) is 10.8 Å². The van der Waals surface area contributed by atoms with Crippen LogP contribution in [0.15, 0.2) is 24.5 Å². The Bertz CT molecular complexity index is 536. The van der Waals surface area contributed by atoms with Crippen LogP contribution < -0.4 is 0 Å². The van der Waals surface area contributed by atoms with Crippen molar-refractivity contribution in [3.8, 4) is 0 Å². The molecule has 0 aliphatic rings. The lowest BCUT2D eigenvalue weighted by atomic mass is 9.81. The van der Waals surface area contributed by atoms with E-state index in [1.54, 1.807) is 0 Å². The molecule has 0 aliphatic heterocycles. The molecule has 92 valence electrons. The van der Waals surface area contributed by atoms with Gasteiger partial charge in [-0.2, -0.15) is 5.10 Å². The smallest absolute Gasteiger partial charge is 0.0699 e. The molecule has 0 atom stereocenters. The van der Waals surface area contributed by atoms with Gasteiger partial charge in [0.2, 0.25) is 0 Å². The van der Waals surface area contributed by atoms with E-state index in [1.807, 2.05) is 10.7 Å². The van der Waals surface area contributed by atoms with Crippen LogP contribution in [0.5, 0.6) is 0 Å². The maximum absolute atomic E-state index is 4.38. The summed E-state index contributed by atoms with van der Waals surface area (Å²) in [5, 5.41) is 4.38. The largest absolute Gasteiger partial charge is 0.240 e. The second kappa shape index (κ2) is 3.59. The van der Waals surface area contributed by atoms with Crippen molar-refractivity contribution in [1.29, 1.82) is 0 Å². The van der Waals surface area contributed by atoms with E-state index < -0.39 is 0 Å². The van der Waals surface area contributed by atoms with Crippen LogP contribution in [0.2, 0.25) is 0 Å². The number of aromatic nitrogens is 2. The molecule has 2 nitrogen and oxygen atoms in total. The minimum atomic E-state index is 0.141. The van der Waals surface area contributed by atoms with Crippen LogP contribution in [0.25, 0.3) is 5.52 Å². The Hall–Kier alpha value is -1.31. The van der Waals surface area contributed by atoms with Gasteiger partial charge >= 0.3 is 0 Å². The average molecular weight is 230 g/mol. The van der Waals surface area contributed by atoms with Crippen molar-refractivity contribution in [2.75, 3.05) is 0 Å². The molecule has 0 N–H and O–H groups in total. The zero-order valence-corrected chi connectivity index (χ0v) is 11.7. The van der Waals surface area contributed by atoms with Gasteiger partial charge in [-0.15, -0.1) is 0 Å². The highest BCUT2D eigenvalue weighted by Gasteiger charge is 2.22. The van der Waals surface area contributed by atoms with E-state index in [2.05, 4.69) is 65.0 Å². The van der Waals surface area contributed by atoms with Crippen molar-refractivity contribution < 1.29 is 0 Å². The van der Waals surface area contributed by atoms with Crippen LogP contribution in [0.1, 0.15) is 52.7 Å². The van der Waals surface area contributed by atoms with Crippen molar-refractivity contribution in [2.24, 2.45) is 0 Å². The quantitative estimate of drug-likeness (QED) is 0.670. The number of nitrogens with zero attached hydrogens (tertiary/aromatic N) is 2. The summed E-state index contributed by atoms with van der Waals surface area (Å²) in [7, 11) is 0. The van der Waals surface area contributed by atoms with Crippen molar-refractivity contribution in [2.45, 2.75) is 52.4 Å². The molecule has 0 aliphatic carbocycles. The lowest BCUT2D eigenvalue weighted by molar-refractivity contribution is 0.564.